The van der Waals surface area contributed by atoms with E-state index >= 15 is 0 Å². The lowest BCUT2D eigenvalue weighted by Crippen LogP contribution is -2.25. The number of carbonyl (C=O) groups excluding carboxylic acids is 1. The first kappa shape index (κ1) is 15.3. The minimum absolute atomic E-state index is 0.0878. The molecule has 23 heavy (non-hydrogen) atoms. The van der Waals surface area contributed by atoms with Crippen molar-refractivity contribution in [2.75, 3.05) is 30.4 Å². The normalized spacial score (nSPS) is 15.2. The number of aryl methyl sites for hydroxylation is 1. The fourth-order valence-electron chi connectivity index (χ4n) is 3.02. The number of likely N-dealkylation sites (N-methyl/N-ethyl adjacent to an activating group) is 1. The molecule has 1 aliphatic rings. The van der Waals surface area contributed by atoms with E-state index in [-0.39, 0.29) is 5.91 Å². The fourth-order valence-corrected chi connectivity index (χ4v) is 3.02. The minimum Gasteiger partial charge on any atom is -0.378 e. The molecule has 1 aliphatic heterocycles. The number of benzene rings is 2. The fraction of sp³-hybridized carbons (Fsp3) is 0.250. The molecule has 118 valence electrons. The maximum Gasteiger partial charge on any atom is 0.258 e. The number of carbonyl (C=O) groups is 1. The molecule has 1 amide bonds. The molecule has 0 saturated carbocycles. The zero-order chi connectivity index (χ0) is 16.6. The van der Waals surface area contributed by atoms with Crippen LogP contribution in [-0.2, 0) is 4.79 Å². The van der Waals surface area contributed by atoms with Gasteiger partial charge in [0.2, 0.25) is 0 Å². The summed E-state index contributed by atoms with van der Waals surface area (Å²) in [7, 11) is 4.06. The second kappa shape index (κ2) is 5.92. The van der Waals surface area contributed by atoms with Gasteiger partial charge in [0.1, 0.15) is 0 Å². The highest BCUT2D eigenvalue weighted by Gasteiger charge is 2.30. The van der Waals surface area contributed by atoms with E-state index in [1.54, 1.807) is 0 Å². The number of hydrogen-bond acceptors (Lipinski definition) is 2. The molecule has 0 aromatic heterocycles. The molecule has 2 aromatic rings. The molecule has 0 unspecified atom stereocenters. The lowest BCUT2D eigenvalue weighted by Gasteiger charge is -2.14. The summed E-state index contributed by atoms with van der Waals surface area (Å²) in [6.07, 6.45) is 2.02. The third-order valence-corrected chi connectivity index (χ3v) is 4.35. The Balaban J connectivity index is 2.08. The van der Waals surface area contributed by atoms with Gasteiger partial charge in [0.25, 0.3) is 5.91 Å². The van der Waals surface area contributed by atoms with E-state index in [4.69, 9.17) is 0 Å². The Hall–Kier alpha value is -2.55. The number of nitrogens with zero attached hydrogens (tertiary/aromatic N) is 2. The largest absolute Gasteiger partial charge is 0.378 e. The van der Waals surface area contributed by atoms with Crippen LogP contribution >= 0.6 is 0 Å². The summed E-state index contributed by atoms with van der Waals surface area (Å²) >= 11 is 0. The molecular weight excluding hydrogens is 284 g/mol. The van der Waals surface area contributed by atoms with Gasteiger partial charge in [0.05, 0.1) is 5.69 Å². The predicted octanol–water partition coefficient (Wildman–Crippen LogP) is 3.97. The Morgan fingerprint density at radius 3 is 2.52 bits per heavy atom. The van der Waals surface area contributed by atoms with Crippen molar-refractivity contribution in [2.45, 2.75) is 13.8 Å². The zero-order valence-electron chi connectivity index (χ0n) is 14.1. The molecule has 2 aromatic carbocycles. The Bertz CT molecular complexity index is 790. The van der Waals surface area contributed by atoms with Crippen molar-refractivity contribution in [3.63, 3.8) is 0 Å². The molecule has 3 rings (SSSR count). The van der Waals surface area contributed by atoms with Gasteiger partial charge in [-0.1, -0.05) is 24.3 Å². The first-order valence-electron chi connectivity index (χ1n) is 7.94. The Morgan fingerprint density at radius 2 is 1.87 bits per heavy atom. The smallest absolute Gasteiger partial charge is 0.258 e. The molecule has 3 heteroatoms. The van der Waals surface area contributed by atoms with Gasteiger partial charge in [-0.2, -0.15) is 0 Å². The van der Waals surface area contributed by atoms with Gasteiger partial charge >= 0.3 is 0 Å². The van der Waals surface area contributed by atoms with E-state index in [1.807, 2.05) is 56.3 Å². The third-order valence-electron chi connectivity index (χ3n) is 4.35. The van der Waals surface area contributed by atoms with Gasteiger partial charge in [-0.05, 0) is 49.2 Å². The van der Waals surface area contributed by atoms with Gasteiger partial charge < -0.3 is 9.80 Å². The Labute approximate surface area is 137 Å². The van der Waals surface area contributed by atoms with Crippen LogP contribution in [0.5, 0.6) is 0 Å². The number of fused-ring (bicyclic) bond motifs is 1. The monoisotopic (exact) mass is 306 g/mol. The van der Waals surface area contributed by atoms with Crippen LogP contribution in [0.25, 0.3) is 11.6 Å². The molecule has 3 nitrogen and oxygen atoms in total. The molecule has 0 fully saturated rings. The van der Waals surface area contributed by atoms with Gasteiger partial charge in [0, 0.05) is 37.5 Å². The second-order valence-corrected chi connectivity index (χ2v) is 6.06. The quantitative estimate of drug-likeness (QED) is 0.801. The van der Waals surface area contributed by atoms with Crippen molar-refractivity contribution in [1.82, 2.24) is 0 Å². The molecule has 0 aliphatic carbocycles. The lowest BCUT2D eigenvalue weighted by atomic mass is 10.0. The van der Waals surface area contributed by atoms with Crippen molar-refractivity contribution in [1.29, 1.82) is 0 Å². The molecule has 0 bridgehead atoms. The summed E-state index contributed by atoms with van der Waals surface area (Å²) < 4.78 is 0. The molecule has 0 N–H and O–H groups in total. The van der Waals surface area contributed by atoms with Crippen LogP contribution in [0.15, 0.2) is 42.5 Å². The molecule has 0 saturated heterocycles. The van der Waals surface area contributed by atoms with Crippen LogP contribution in [0.1, 0.15) is 23.6 Å². The lowest BCUT2D eigenvalue weighted by molar-refractivity contribution is -0.112. The van der Waals surface area contributed by atoms with E-state index in [2.05, 4.69) is 30.0 Å². The van der Waals surface area contributed by atoms with Crippen molar-refractivity contribution in [2.24, 2.45) is 0 Å². The molecule has 0 atom stereocenters. The van der Waals surface area contributed by atoms with Crippen molar-refractivity contribution >= 4 is 28.9 Å². The Morgan fingerprint density at radius 1 is 1.13 bits per heavy atom. The molecular formula is C20H22N2O. The summed E-state index contributed by atoms with van der Waals surface area (Å²) in [6, 6.07) is 14.3. The minimum atomic E-state index is 0.0878. The summed E-state index contributed by atoms with van der Waals surface area (Å²) in [5.74, 6) is 0.0878. The topological polar surface area (TPSA) is 23.6 Å². The second-order valence-electron chi connectivity index (χ2n) is 6.06. The summed E-state index contributed by atoms with van der Waals surface area (Å²) in [6.45, 7) is 4.78. The van der Waals surface area contributed by atoms with Gasteiger partial charge in [-0.15, -0.1) is 0 Å². The van der Waals surface area contributed by atoms with Gasteiger partial charge in [0.15, 0.2) is 0 Å². The van der Waals surface area contributed by atoms with Crippen LogP contribution < -0.4 is 9.80 Å². The van der Waals surface area contributed by atoms with Crippen LogP contribution in [-0.4, -0.2) is 26.5 Å². The van der Waals surface area contributed by atoms with Crippen molar-refractivity contribution in [3.05, 3.63) is 59.2 Å². The highest BCUT2D eigenvalue weighted by molar-refractivity contribution is 6.35. The van der Waals surface area contributed by atoms with Gasteiger partial charge in [-0.25, -0.2) is 0 Å². The SMILES string of the molecule is CCN1C(=O)C(=Cc2ccc(N(C)C)cc2C)c2ccccc21. The summed E-state index contributed by atoms with van der Waals surface area (Å²) in [5.41, 5.74) is 6.24. The summed E-state index contributed by atoms with van der Waals surface area (Å²) in [5, 5.41) is 0. The van der Waals surface area contributed by atoms with Crippen LogP contribution in [0.4, 0.5) is 11.4 Å². The van der Waals surface area contributed by atoms with Crippen LogP contribution in [0, 0.1) is 6.92 Å². The van der Waals surface area contributed by atoms with Crippen LogP contribution in [0.2, 0.25) is 0 Å². The van der Waals surface area contributed by atoms with E-state index in [1.165, 1.54) is 5.56 Å². The number of anilines is 2. The number of hydrogen-bond donors (Lipinski definition) is 0. The summed E-state index contributed by atoms with van der Waals surface area (Å²) in [4.78, 5) is 16.7. The zero-order valence-corrected chi connectivity index (χ0v) is 14.1. The van der Waals surface area contributed by atoms with Crippen molar-refractivity contribution < 1.29 is 4.79 Å². The van der Waals surface area contributed by atoms with E-state index in [0.717, 1.165) is 28.1 Å². The average molecular weight is 306 g/mol. The molecule has 0 radical (unpaired) electrons. The van der Waals surface area contributed by atoms with E-state index in [0.29, 0.717) is 6.54 Å². The number of amides is 1. The maximum atomic E-state index is 12.7. The highest BCUT2D eigenvalue weighted by atomic mass is 16.2. The number of para-hydroxylation sites is 1. The maximum absolute atomic E-state index is 12.7. The third kappa shape index (κ3) is 2.63. The predicted molar refractivity (Wildman–Crippen MR) is 97.8 cm³/mol. The van der Waals surface area contributed by atoms with Gasteiger partial charge in [-0.3, -0.25) is 4.79 Å². The molecule has 1 heterocycles. The van der Waals surface area contributed by atoms with E-state index in [9.17, 15) is 4.79 Å². The van der Waals surface area contributed by atoms with Crippen LogP contribution in [0.3, 0.4) is 0 Å². The van der Waals surface area contributed by atoms with E-state index < -0.39 is 0 Å². The average Bonchev–Trinajstić information content (AvgIpc) is 2.81. The standard InChI is InChI=1S/C20H22N2O/c1-5-22-19-9-7-6-8-17(19)18(20(22)23)13-15-10-11-16(21(3)4)12-14(15)2/h6-13H,5H2,1-4H3. The highest BCUT2D eigenvalue weighted by Crippen LogP contribution is 2.37. The number of rotatable bonds is 3. The first-order chi connectivity index (χ1) is 11.0. The van der Waals surface area contributed by atoms with Crippen molar-refractivity contribution in [3.8, 4) is 0 Å². The Kier molecular flexibility index (Phi) is 3.95. The first-order valence-corrected chi connectivity index (χ1v) is 7.94. The molecule has 0 spiro atoms.